The molecule has 0 saturated carbocycles. The first kappa shape index (κ1) is 25.4. The van der Waals surface area contributed by atoms with Crippen LogP contribution in [0, 0.1) is 13.8 Å². The summed E-state index contributed by atoms with van der Waals surface area (Å²) in [5.41, 5.74) is 0.987. The number of aryl methyl sites for hydroxylation is 2. The average molecular weight is 513 g/mol. The molecule has 0 aliphatic heterocycles. The molecule has 0 fully saturated rings. The maximum Gasteiger partial charge on any atom is 0.417 e. The normalized spacial score (nSPS) is 11.7. The van der Waals surface area contributed by atoms with Crippen LogP contribution < -0.4 is 14.8 Å². The van der Waals surface area contributed by atoms with Gasteiger partial charge in [-0.15, -0.1) is 0 Å². The van der Waals surface area contributed by atoms with E-state index in [1.54, 1.807) is 6.07 Å². The second-order valence-electron chi connectivity index (χ2n) is 7.41. The van der Waals surface area contributed by atoms with Crippen LogP contribution in [0.1, 0.15) is 16.7 Å². The molecule has 0 unspecified atom stereocenters. The van der Waals surface area contributed by atoms with Crippen molar-refractivity contribution >= 4 is 38.9 Å². The van der Waals surface area contributed by atoms with Gasteiger partial charge in [0.25, 0.3) is 15.9 Å². The Morgan fingerprint density at radius 1 is 0.941 bits per heavy atom. The molecule has 180 valence electrons. The lowest BCUT2D eigenvalue weighted by Gasteiger charge is -2.13. The first-order chi connectivity index (χ1) is 15.8. The van der Waals surface area contributed by atoms with Crippen LogP contribution in [0.15, 0.2) is 65.6 Å². The zero-order valence-electron chi connectivity index (χ0n) is 18.0. The van der Waals surface area contributed by atoms with Crippen molar-refractivity contribution in [2.24, 2.45) is 0 Å². The second-order valence-corrected chi connectivity index (χ2v) is 9.49. The number of benzene rings is 3. The quantitative estimate of drug-likeness (QED) is 0.419. The van der Waals surface area contributed by atoms with Gasteiger partial charge in [0.2, 0.25) is 0 Å². The lowest BCUT2D eigenvalue weighted by atomic mass is 10.1. The SMILES string of the molecule is Cc1ccc(OCC(=O)Nc2ccc(S(=O)(=O)Nc3ccc(Cl)c(C(F)(F)F)c3)cc2)cc1C. The molecule has 0 saturated heterocycles. The molecule has 3 aromatic rings. The number of carbonyl (C=O) groups is 1. The fourth-order valence-electron chi connectivity index (χ4n) is 2.89. The smallest absolute Gasteiger partial charge is 0.417 e. The monoisotopic (exact) mass is 512 g/mol. The van der Waals surface area contributed by atoms with Gasteiger partial charge < -0.3 is 10.1 Å². The lowest BCUT2D eigenvalue weighted by Crippen LogP contribution is -2.20. The van der Waals surface area contributed by atoms with E-state index in [0.29, 0.717) is 17.5 Å². The van der Waals surface area contributed by atoms with Gasteiger partial charge in [-0.3, -0.25) is 9.52 Å². The first-order valence-electron chi connectivity index (χ1n) is 9.85. The third-order valence-electron chi connectivity index (χ3n) is 4.82. The van der Waals surface area contributed by atoms with Crippen molar-refractivity contribution in [2.75, 3.05) is 16.6 Å². The number of carbonyl (C=O) groups excluding carboxylic acids is 1. The van der Waals surface area contributed by atoms with Gasteiger partial charge in [0.1, 0.15) is 5.75 Å². The minimum Gasteiger partial charge on any atom is -0.484 e. The Morgan fingerprint density at radius 2 is 1.59 bits per heavy atom. The molecule has 6 nitrogen and oxygen atoms in total. The summed E-state index contributed by atoms with van der Waals surface area (Å²) in [4.78, 5) is 11.9. The predicted molar refractivity (Wildman–Crippen MR) is 124 cm³/mol. The van der Waals surface area contributed by atoms with Gasteiger partial charge in [-0.25, -0.2) is 8.42 Å². The van der Waals surface area contributed by atoms with Crippen molar-refractivity contribution in [1.82, 2.24) is 0 Å². The van der Waals surface area contributed by atoms with Crippen molar-refractivity contribution in [3.63, 3.8) is 0 Å². The highest BCUT2D eigenvalue weighted by atomic mass is 35.5. The number of anilines is 2. The number of sulfonamides is 1. The summed E-state index contributed by atoms with van der Waals surface area (Å²) in [6.45, 7) is 3.64. The highest BCUT2D eigenvalue weighted by Gasteiger charge is 2.33. The molecule has 0 heterocycles. The minimum absolute atomic E-state index is 0.208. The van der Waals surface area contributed by atoms with Crippen LogP contribution in [0.5, 0.6) is 5.75 Å². The van der Waals surface area contributed by atoms with E-state index in [9.17, 15) is 26.4 Å². The van der Waals surface area contributed by atoms with E-state index in [2.05, 4.69) is 10.0 Å². The Morgan fingerprint density at radius 3 is 2.21 bits per heavy atom. The molecule has 3 rings (SSSR count). The first-order valence-corrected chi connectivity index (χ1v) is 11.7. The van der Waals surface area contributed by atoms with Crippen molar-refractivity contribution in [2.45, 2.75) is 24.9 Å². The second kappa shape index (κ2) is 9.94. The largest absolute Gasteiger partial charge is 0.484 e. The lowest BCUT2D eigenvalue weighted by molar-refractivity contribution is -0.137. The molecule has 1 amide bonds. The molecule has 0 aliphatic rings. The van der Waals surface area contributed by atoms with Gasteiger partial charge in [-0.2, -0.15) is 13.2 Å². The number of rotatable bonds is 7. The molecule has 11 heteroatoms. The molecular formula is C23H20ClF3N2O4S. The summed E-state index contributed by atoms with van der Waals surface area (Å²) in [5.74, 6) is 0.0921. The van der Waals surface area contributed by atoms with Crippen molar-refractivity contribution in [3.8, 4) is 5.75 Å². The van der Waals surface area contributed by atoms with Crippen LogP contribution in [0.3, 0.4) is 0 Å². The number of ether oxygens (including phenoxy) is 1. The fourth-order valence-corrected chi connectivity index (χ4v) is 4.16. The zero-order valence-corrected chi connectivity index (χ0v) is 19.6. The van der Waals surface area contributed by atoms with Gasteiger partial charge in [0.05, 0.1) is 15.5 Å². The molecule has 0 radical (unpaired) electrons. The Bertz CT molecular complexity index is 1310. The summed E-state index contributed by atoms with van der Waals surface area (Å²) >= 11 is 5.56. The maximum atomic E-state index is 13.0. The minimum atomic E-state index is -4.74. The third kappa shape index (κ3) is 6.42. The van der Waals surface area contributed by atoms with E-state index in [0.717, 1.165) is 23.3 Å². The van der Waals surface area contributed by atoms with Crippen LogP contribution in [-0.4, -0.2) is 20.9 Å². The molecule has 3 aromatic carbocycles. The number of halogens is 4. The number of alkyl halides is 3. The number of hydrogen-bond acceptors (Lipinski definition) is 4. The fraction of sp³-hybridized carbons (Fsp3) is 0.174. The Hall–Kier alpha value is -3.24. The third-order valence-corrected chi connectivity index (χ3v) is 6.55. The molecule has 0 bridgehead atoms. The highest BCUT2D eigenvalue weighted by molar-refractivity contribution is 7.92. The number of amides is 1. The van der Waals surface area contributed by atoms with E-state index in [1.165, 1.54) is 24.3 Å². The topological polar surface area (TPSA) is 84.5 Å². The molecule has 0 aliphatic carbocycles. The summed E-state index contributed by atoms with van der Waals surface area (Å²) in [7, 11) is -4.19. The Balaban J connectivity index is 1.64. The summed E-state index contributed by atoms with van der Waals surface area (Å²) in [6.07, 6.45) is -4.74. The van der Waals surface area contributed by atoms with Crippen LogP contribution in [0.2, 0.25) is 5.02 Å². The van der Waals surface area contributed by atoms with Crippen LogP contribution in [-0.2, 0) is 21.0 Å². The zero-order chi connectivity index (χ0) is 25.1. The molecule has 0 atom stereocenters. The average Bonchev–Trinajstić information content (AvgIpc) is 2.75. The van der Waals surface area contributed by atoms with Gasteiger partial charge in [0, 0.05) is 11.4 Å². The highest BCUT2D eigenvalue weighted by Crippen LogP contribution is 2.36. The van der Waals surface area contributed by atoms with Crippen molar-refractivity contribution in [1.29, 1.82) is 0 Å². The van der Waals surface area contributed by atoms with Crippen LogP contribution in [0.4, 0.5) is 24.5 Å². The Labute approximate surface area is 199 Å². The summed E-state index contributed by atoms with van der Waals surface area (Å²) in [6, 6.07) is 13.3. The van der Waals surface area contributed by atoms with Gasteiger partial charge >= 0.3 is 6.18 Å². The molecular weight excluding hydrogens is 493 g/mol. The summed E-state index contributed by atoms with van der Waals surface area (Å²) < 4.78 is 71.7. The maximum absolute atomic E-state index is 13.0. The van der Waals surface area contributed by atoms with Crippen molar-refractivity contribution in [3.05, 3.63) is 82.4 Å². The number of hydrogen-bond donors (Lipinski definition) is 2. The van der Waals surface area contributed by atoms with E-state index in [-0.39, 0.29) is 17.2 Å². The Kier molecular flexibility index (Phi) is 7.42. The van der Waals surface area contributed by atoms with Crippen LogP contribution in [0.25, 0.3) is 0 Å². The molecule has 0 aromatic heterocycles. The van der Waals surface area contributed by atoms with Crippen LogP contribution >= 0.6 is 11.6 Å². The number of nitrogens with one attached hydrogen (secondary N) is 2. The van der Waals surface area contributed by atoms with E-state index in [4.69, 9.17) is 16.3 Å². The molecule has 34 heavy (non-hydrogen) atoms. The standard InChI is InChI=1S/C23H20ClF3N2O4S/c1-14-3-7-18(11-15(14)2)33-13-22(30)28-16-4-8-19(9-5-16)34(31,32)29-17-6-10-21(24)20(12-17)23(25,26)27/h3-12,29H,13H2,1-2H3,(H,28,30). The van der Waals surface area contributed by atoms with E-state index >= 15 is 0 Å². The van der Waals surface area contributed by atoms with Gasteiger partial charge in [-0.1, -0.05) is 17.7 Å². The van der Waals surface area contributed by atoms with Gasteiger partial charge in [-0.05, 0) is 79.6 Å². The van der Waals surface area contributed by atoms with E-state index < -0.39 is 32.7 Å². The van der Waals surface area contributed by atoms with E-state index in [1.807, 2.05) is 26.0 Å². The predicted octanol–water partition coefficient (Wildman–Crippen LogP) is 5.79. The molecule has 2 N–H and O–H groups in total. The van der Waals surface area contributed by atoms with Gasteiger partial charge in [0.15, 0.2) is 6.61 Å². The van der Waals surface area contributed by atoms with Crippen molar-refractivity contribution < 1.29 is 31.1 Å². The summed E-state index contributed by atoms with van der Waals surface area (Å²) in [5, 5.41) is 2.03. The molecule has 0 spiro atoms.